The van der Waals surface area contributed by atoms with Crippen LogP contribution in [0.15, 0.2) is 43.0 Å². The molecule has 0 spiro atoms. The smallest absolute Gasteiger partial charge is 0.417 e. The molecule has 0 aliphatic carbocycles. The first-order valence-electron chi connectivity index (χ1n) is 8.44. The summed E-state index contributed by atoms with van der Waals surface area (Å²) in [5.41, 5.74) is 0.446. The zero-order valence-electron chi connectivity index (χ0n) is 15.6. The summed E-state index contributed by atoms with van der Waals surface area (Å²) in [6.45, 7) is 14.7. The molecule has 1 fully saturated rings. The zero-order chi connectivity index (χ0) is 18.8. The minimum absolute atomic E-state index is 0.0361. The first kappa shape index (κ1) is 19.4. The molecule has 25 heavy (non-hydrogen) atoms. The molecule has 6 heteroatoms. The van der Waals surface area contributed by atoms with E-state index in [1.807, 2.05) is 6.07 Å². The molecular formula is C19H27NO4Si. The highest BCUT2D eigenvalue weighted by Gasteiger charge is 2.46. The van der Waals surface area contributed by atoms with Crippen molar-refractivity contribution >= 4 is 20.3 Å². The third kappa shape index (κ3) is 4.02. The van der Waals surface area contributed by atoms with Gasteiger partial charge < -0.3 is 9.16 Å². The Hall–Kier alpha value is -1.92. The Morgan fingerprint density at radius 1 is 1.32 bits per heavy atom. The summed E-state index contributed by atoms with van der Waals surface area (Å²) >= 11 is 0. The first-order valence-corrected chi connectivity index (χ1v) is 11.3. The van der Waals surface area contributed by atoms with Gasteiger partial charge in [0.05, 0.1) is 6.61 Å². The molecule has 1 aliphatic heterocycles. The van der Waals surface area contributed by atoms with Crippen molar-refractivity contribution in [3.63, 3.8) is 0 Å². The molecule has 0 radical (unpaired) electrons. The van der Waals surface area contributed by atoms with Gasteiger partial charge >= 0.3 is 6.09 Å². The maximum Gasteiger partial charge on any atom is 0.417 e. The lowest BCUT2D eigenvalue weighted by Crippen LogP contribution is -2.48. The number of hydrogen-bond acceptors (Lipinski definition) is 4. The van der Waals surface area contributed by atoms with Crippen LogP contribution >= 0.6 is 0 Å². The molecular weight excluding hydrogens is 334 g/mol. The minimum atomic E-state index is -2.02. The highest BCUT2D eigenvalue weighted by atomic mass is 28.4. The van der Waals surface area contributed by atoms with Crippen molar-refractivity contribution in [1.82, 2.24) is 4.90 Å². The highest BCUT2D eigenvalue weighted by molar-refractivity contribution is 6.74. The van der Waals surface area contributed by atoms with Crippen molar-refractivity contribution in [1.29, 1.82) is 0 Å². The van der Waals surface area contributed by atoms with Crippen molar-refractivity contribution in [2.24, 2.45) is 0 Å². The number of nitrogens with zero attached hydrogens (tertiary/aromatic N) is 1. The van der Waals surface area contributed by atoms with Crippen molar-refractivity contribution in [2.45, 2.75) is 51.0 Å². The van der Waals surface area contributed by atoms with Crippen LogP contribution in [0.2, 0.25) is 18.1 Å². The number of imide groups is 1. The van der Waals surface area contributed by atoms with Crippen LogP contribution in [0.5, 0.6) is 0 Å². The molecule has 2 amide bonds. The van der Waals surface area contributed by atoms with Crippen molar-refractivity contribution in [3.05, 3.63) is 48.6 Å². The molecule has 0 aromatic heterocycles. The topological polar surface area (TPSA) is 55.8 Å². The Labute approximate surface area is 150 Å². The Balaban J connectivity index is 2.24. The van der Waals surface area contributed by atoms with Gasteiger partial charge in [-0.1, -0.05) is 45.5 Å². The third-order valence-electron chi connectivity index (χ3n) is 5.04. The van der Waals surface area contributed by atoms with Crippen LogP contribution in [0.1, 0.15) is 31.1 Å². The van der Waals surface area contributed by atoms with Gasteiger partial charge in [0.25, 0.3) is 5.91 Å². The number of benzene rings is 1. The lowest BCUT2D eigenvalue weighted by molar-refractivity contribution is 0.0733. The number of carbonyl (C=O) groups is 2. The Morgan fingerprint density at radius 2 is 1.92 bits per heavy atom. The molecule has 2 rings (SSSR count). The number of hydrogen-bond donors (Lipinski definition) is 0. The summed E-state index contributed by atoms with van der Waals surface area (Å²) in [6, 6.07) is 8.21. The minimum Gasteiger partial charge on any atom is -0.439 e. The van der Waals surface area contributed by atoms with Crippen LogP contribution in [0, 0.1) is 0 Å². The Bertz CT molecular complexity index is 651. The van der Waals surface area contributed by atoms with Gasteiger partial charge in [-0.25, -0.2) is 9.69 Å². The van der Waals surface area contributed by atoms with Gasteiger partial charge in [-0.3, -0.25) is 4.79 Å². The lowest BCUT2D eigenvalue weighted by Gasteiger charge is -2.37. The van der Waals surface area contributed by atoms with E-state index in [9.17, 15) is 9.59 Å². The Kier molecular flexibility index (Phi) is 5.54. The van der Waals surface area contributed by atoms with Gasteiger partial charge in [-0.15, -0.1) is 0 Å². The van der Waals surface area contributed by atoms with Crippen LogP contribution < -0.4 is 0 Å². The lowest BCUT2D eigenvalue weighted by atomic mass is 10.1. The average Bonchev–Trinajstić information content (AvgIpc) is 2.87. The van der Waals surface area contributed by atoms with Crippen LogP contribution in [0.4, 0.5) is 4.79 Å². The van der Waals surface area contributed by atoms with Gasteiger partial charge in [0, 0.05) is 5.56 Å². The van der Waals surface area contributed by atoms with E-state index in [4.69, 9.17) is 9.16 Å². The van der Waals surface area contributed by atoms with Gasteiger partial charge in [0.1, 0.15) is 12.1 Å². The summed E-state index contributed by atoms with van der Waals surface area (Å²) in [4.78, 5) is 26.2. The summed E-state index contributed by atoms with van der Waals surface area (Å²) in [5, 5.41) is 0.0361. The summed E-state index contributed by atoms with van der Waals surface area (Å²) < 4.78 is 11.6. The third-order valence-corrected chi connectivity index (χ3v) is 9.54. The van der Waals surface area contributed by atoms with E-state index < -0.39 is 26.6 Å². The molecule has 2 atom stereocenters. The number of cyclic esters (lactones) is 1. The molecule has 0 saturated carbocycles. The first-order chi connectivity index (χ1) is 11.6. The molecule has 1 aromatic rings. The van der Waals surface area contributed by atoms with Crippen LogP contribution in [0.3, 0.4) is 0 Å². The molecule has 0 N–H and O–H groups in total. The van der Waals surface area contributed by atoms with E-state index in [1.54, 1.807) is 30.3 Å². The fourth-order valence-electron chi connectivity index (χ4n) is 2.37. The molecule has 5 nitrogen and oxygen atoms in total. The molecule has 1 heterocycles. The summed E-state index contributed by atoms with van der Waals surface area (Å²) in [6.07, 6.45) is 0.336. The van der Waals surface area contributed by atoms with Crippen molar-refractivity contribution in [2.75, 3.05) is 6.61 Å². The number of ether oxygens (including phenoxy) is 1. The molecule has 0 unspecified atom stereocenters. The number of carbonyl (C=O) groups excluding carboxylic acids is 2. The second-order valence-electron chi connectivity index (χ2n) is 7.76. The fraction of sp³-hybridized carbons (Fsp3) is 0.474. The summed E-state index contributed by atoms with van der Waals surface area (Å²) in [7, 11) is -2.02. The van der Waals surface area contributed by atoms with E-state index in [1.165, 1.54) is 0 Å². The Morgan fingerprint density at radius 3 is 2.44 bits per heavy atom. The fourth-order valence-corrected chi connectivity index (χ4v) is 3.39. The summed E-state index contributed by atoms with van der Waals surface area (Å²) in [5.74, 6) is -0.376. The van der Waals surface area contributed by atoms with Gasteiger partial charge in [-0.05, 0) is 36.3 Å². The van der Waals surface area contributed by atoms with Gasteiger partial charge in [0.2, 0.25) is 0 Å². The number of amides is 2. The predicted molar refractivity (Wildman–Crippen MR) is 100 cm³/mol. The predicted octanol–water partition coefficient (Wildman–Crippen LogP) is 4.22. The quantitative estimate of drug-likeness (QED) is 0.582. The van der Waals surface area contributed by atoms with Gasteiger partial charge in [-0.2, -0.15) is 0 Å². The standard InChI is InChI=1S/C19H27NO4Si/c1-7-16-15(13-23-25(5,6)19(2,3)4)20(18(22)24-16)17(21)14-11-9-8-10-12-14/h7-12,15-16H,1,13H2,2-6H3/t15-,16-/m0/s1. The maximum atomic E-state index is 12.8. The van der Waals surface area contributed by atoms with Crippen LogP contribution in [-0.4, -0.2) is 44.0 Å². The SMILES string of the molecule is C=C[C@@H]1OC(=O)N(C(=O)c2ccccc2)[C@H]1CO[Si](C)(C)C(C)(C)C. The van der Waals surface area contributed by atoms with E-state index in [-0.39, 0.29) is 17.6 Å². The largest absolute Gasteiger partial charge is 0.439 e. The van der Waals surface area contributed by atoms with Crippen molar-refractivity contribution < 1.29 is 18.8 Å². The van der Waals surface area contributed by atoms with Gasteiger partial charge in [0.15, 0.2) is 8.32 Å². The van der Waals surface area contributed by atoms with E-state index >= 15 is 0 Å². The molecule has 0 bridgehead atoms. The van der Waals surface area contributed by atoms with Crippen molar-refractivity contribution in [3.8, 4) is 0 Å². The monoisotopic (exact) mass is 361 g/mol. The molecule has 1 aromatic carbocycles. The number of rotatable bonds is 5. The maximum absolute atomic E-state index is 12.8. The van der Waals surface area contributed by atoms with E-state index in [0.717, 1.165) is 4.90 Å². The zero-order valence-corrected chi connectivity index (χ0v) is 16.6. The van der Waals surface area contributed by atoms with E-state index in [0.29, 0.717) is 5.56 Å². The molecule has 1 aliphatic rings. The molecule has 136 valence electrons. The highest BCUT2D eigenvalue weighted by Crippen LogP contribution is 2.37. The van der Waals surface area contributed by atoms with Crippen LogP contribution in [0.25, 0.3) is 0 Å². The average molecular weight is 362 g/mol. The second-order valence-corrected chi connectivity index (χ2v) is 12.6. The van der Waals surface area contributed by atoms with E-state index in [2.05, 4.69) is 40.4 Å². The molecule has 1 saturated heterocycles. The van der Waals surface area contributed by atoms with Crippen LogP contribution in [-0.2, 0) is 9.16 Å². The second kappa shape index (κ2) is 7.13. The normalized spacial score (nSPS) is 21.2.